The van der Waals surface area contributed by atoms with Crippen molar-refractivity contribution >= 4 is 5.91 Å². The molecule has 0 bridgehead atoms. The Hall–Kier alpha value is -1.46. The van der Waals surface area contributed by atoms with Gasteiger partial charge in [-0.1, -0.05) is 0 Å². The first kappa shape index (κ1) is 18.3. The summed E-state index contributed by atoms with van der Waals surface area (Å²) in [5.41, 5.74) is 2.09. The van der Waals surface area contributed by atoms with Crippen LogP contribution < -0.4 is 0 Å². The highest BCUT2D eigenvalue weighted by atomic mass is 16.5. The van der Waals surface area contributed by atoms with Gasteiger partial charge in [0.1, 0.15) is 0 Å². The van der Waals surface area contributed by atoms with E-state index >= 15 is 0 Å². The molecule has 5 nitrogen and oxygen atoms in total. The van der Waals surface area contributed by atoms with E-state index in [0.29, 0.717) is 23.1 Å². The molecule has 1 aromatic rings. The summed E-state index contributed by atoms with van der Waals surface area (Å²) in [6.45, 7) is 10.1. The fourth-order valence-electron chi connectivity index (χ4n) is 4.55. The molecule has 2 aliphatic heterocycles. The summed E-state index contributed by atoms with van der Waals surface area (Å²) in [6.07, 6.45) is 6.83. The molecule has 5 heteroatoms. The van der Waals surface area contributed by atoms with Crippen LogP contribution in [0, 0.1) is 12.3 Å². The number of aromatic nitrogens is 1. The van der Waals surface area contributed by atoms with Crippen LogP contribution in [0.25, 0.3) is 0 Å². The molecule has 0 aromatic carbocycles. The lowest BCUT2D eigenvalue weighted by atomic mass is 9.76. The largest absolute Gasteiger partial charge is 0.383 e. The fraction of sp³-hybridized carbons (Fsp3) is 0.700. The van der Waals surface area contributed by atoms with Crippen molar-refractivity contribution in [2.45, 2.75) is 52.1 Å². The van der Waals surface area contributed by atoms with Gasteiger partial charge in [-0.15, -0.1) is 0 Å². The second kappa shape index (κ2) is 7.42. The second-order valence-corrected chi connectivity index (χ2v) is 8.12. The van der Waals surface area contributed by atoms with E-state index in [1.54, 1.807) is 19.5 Å². The summed E-state index contributed by atoms with van der Waals surface area (Å²) in [6, 6.07) is 2.98. The van der Waals surface area contributed by atoms with Crippen LogP contribution in [0.2, 0.25) is 0 Å². The van der Waals surface area contributed by atoms with Gasteiger partial charge < -0.3 is 9.64 Å². The van der Waals surface area contributed by atoms with Crippen molar-refractivity contribution in [3.05, 3.63) is 29.6 Å². The third-order valence-corrected chi connectivity index (χ3v) is 5.91. The van der Waals surface area contributed by atoms with Crippen LogP contribution in [0.4, 0.5) is 0 Å². The SMILES string of the molecule is COCC1CC2(CCN(C(=O)c3cncc(C)c3)CC2)CN1C(C)C. The monoisotopic (exact) mass is 345 g/mol. The zero-order valence-electron chi connectivity index (χ0n) is 16.0. The fourth-order valence-corrected chi connectivity index (χ4v) is 4.55. The summed E-state index contributed by atoms with van der Waals surface area (Å²) < 4.78 is 5.46. The molecule has 1 spiro atoms. The number of carbonyl (C=O) groups excluding carboxylic acids is 1. The molecule has 3 rings (SSSR count). The lowest BCUT2D eigenvalue weighted by Gasteiger charge is -2.39. The number of amides is 1. The normalized spacial score (nSPS) is 23.6. The van der Waals surface area contributed by atoms with Crippen molar-refractivity contribution in [2.75, 3.05) is 33.4 Å². The Kier molecular flexibility index (Phi) is 5.44. The van der Waals surface area contributed by atoms with Gasteiger partial charge in [0.05, 0.1) is 12.2 Å². The van der Waals surface area contributed by atoms with Gasteiger partial charge in [-0.05, 0) is 57.1 Å². The van der Waals surface area contributed by atoms with Crippen LogP contribution in [-0.2, 0) is 4.74 Å². The van der Waals surface area contributed by atoms with Crippen molar-refractivity contribution in [1.29, 1.82) is 0 Å². The van der Waals surface area contributed by atoms with Gasteiger partial charge in [-0.25, -0.2) is 0 Å². The van der Waals surface area contributed by atoms with Crippen molar-refractivity contribution < 1.29 is 9.53 Å². The van der Waals surface area contributed by atoms with Crippen molar-refractivity contribution in [1.82, 2.24) is 14.8 Å². The summed E-state index contributed by atoms with van der Waals surface area (Å²) in [4.78, 5) is 21.5. The lowest BCUT2D eigenvalue weighted by molar-refractivity contribution is 0.0581. The molecule has 0 N–H and O–H groups in total. The zero-order chi connectivity index (χ0) is 18.0. The number of ether oxygens (including phenoxy) is 1. The molecule has 2 aliphatic rings. The number of carbonyl (C=O) groups is 1. The minimum absolute atomic E-state index is 0.123. The number of rotatable bonds is 4. The van der Waals surface area contributed by atoms with Gasteiger partial charge in [-0.2, -0.15) is 0 Å². The molecule has 25 heavy (non-hydrogen) atoms. The maximum atomic E-state index is 12.8. The molecule has 0 saturated carbocycles. The Balaban J connectivity index is 1.64. The Labute approximate surface area is 151 Å². The molecule has 2 fully saturated rings. The van der Waals surface area contributed by atoms with E-state index < -0.39 is 0 Å². The van der Waals surface area contributed by atoms with Crippen LogP contribution in [0.1, 0.15) is 49.0 Å². The van der Waals surface area contributed by atoms with E-state index in [-0.39, 0.29) is 5.91 Å². The highest BCUT2D eigenvalue weighted by molar-refractivity contribution is 5.94. The summed E-state index contributed by atoms with van der Waals surface area (Å²) in [5.74, 6) is 0.123. The number of piperidine rings is 1. The van der Waals surface area contributed by atoms with Crippen LogP contribution >= 0.6 is 0 Å². The average Bonchev–Trinajstić information content (AvgIpc) is 2.94. The third kappa shape index (κ3) is 3.87. The van der Waals surface area contributed by atoms with Gasteiger partial charge in [0, 0.05) is 51.2 Å². The number of aryl methyl sites for hydroxylation is 1. The van der Waals surface area contributed by atoms with Crippen molar-refractivity contribution in [2.24, 2.45) is 5.41 Å². The average molecular weight is 345 g/mol. The minimum atomic E-state index is 0.123. The number of pyridine rings is 1. The predicted octanol–water partition coefficient (Wildman–Crippen LogP) is 2.74. The number of nitrogens with zero attached hydrogens (tertiary/aromatic N) is 3. The number of likely N-dealkylation sites (tertiary alicyclic amines) is 2. The highest BCUT2D eigenvalue weighted by Crippen LogP contribution is 2.44. The van der Waals surface area contributed by atoms with E-state index in [2.05, 4.69) is 23.7 Å². The molecule has 0 aliphatic carbocycles. The van der Waals surface area contributed by atoms with E-state index in [1.165, 1.54) is 6.42 Å². The van der Waals surface area contributed by atoms with Crippen molar-refractivity contribution in [3.8, 4) is 0 Å². The molecule has 1 unspecified atom stereocenters. The smallest absolute Gasteiger partial charge is 0.255 e. The maximum absolute atomic E-state index is 12.8. The Morgan fingerprint density at radius 3 is 2.68 bits per heavy atom. The van der Waals surface area contributed by atoms with E-state index in [4.69, 9.17) is 4.74 Å². The molecule has 138 valence electrons. The zero-order valence-corrected chi connectivity index (χ0v) is 16.0. The van der Waals surface area contributed by atoms with Crippen molar-refractivity contribution in [3.63, 3.8) is 0 Å². The van der Waals surface area contributed by atoms with Gasteiger partial charge in [0.2, 0.25) is 0 Å². The maximum Gasteiger partial charge on any atom is 0.255 e. The van der Waals surface area contributed by atoms with E-state index in [9.17, 15) is 4.79 Å². The first-order chi connectivity index (χ1) is 11.9. The van der Waals surface area contributed by atoms with Gasteiger partial charge in [0.25, 0.3) is 5.91 Å². The summed E-state index contributed by atoms with van der Waals surface area (Å²) in [5, 5.41) is 0. The molecule has 1 aromatic heterocycles. The highest BCUT2D eigenvalue weighted by Gasteiger charge is 2.46. The van der Waals surface area contributed by atoms with Crippen LogP contribution in [0.3, 0.4) is 0 Å². The molecule has 1 amide bonds. The predicted molar refractivity (Wildman–Crippen MR) is 98.7 cm³/mol. The number of hydrogen-bond donors (Lipinski definition) is 0. The molecule has 0 radical (unpaired) electrons. The summed E-state index contributed by atoms with van der Waals surface area (Å²) in [7, 11) is 1.79. The first-order valence-electron chi connectivity index (χ1n) is 9.40. The van der Waals surface area contributed by atoms with Gasteiger partial charge in [-0.3, -0.25) is 14.7 Å². The molecule has 2 saturated heterocycles. The standard InChI is InChI=1S/C20H31N3O2/c1-15(2)23-14-20(10-18(23)13-25-4)5-7-22(8-6-20)19(24)17-9-16(3)11-21-12-17/h9,11-12,15,18H,5-8,10,13-14H2,1-4H3. The molecule has 3 heterocycles. The molecular weight excluding hydrogens is 314 g/mol. The molecule has 1 atom stereocenters. The Bertz CT molecular complexity index is 609. The lowest BCUT2D eigenvalue weighted by Crippen LogP contribution is -2.44. The van der Waals surface area contributed by atoms with E-state index in [1.807, 2.05) is 17.9 Å². The third-order valence-electron chi connectivity index (χ3n) is 5.91. The first-order valence-corrected chi connectivity index (χ1v) is 9.40. The van der Waals surface area contributed by atoms with Gasteiger partial charge in [0.15, 0.2) is 0 Å². The summed E-state index contributed by atoms with van der Waals surface area (Å²) >= 11 is 0. The number of methoxy groups -OCH3 is 1. The van der Waals surface area contributed by atoms with Crippen LogP contribution in [-0.4, -0.2) is 66.1 Å². The Morgan fingerprint density at radius 2 is 2.08 bits per heavy atom. The minimum Gasteiger partial charge on any atom is -0.383 e. The van der Waals surface area contributed by atoms with Crippen LogP contribution in [0.15, 0.2) is 18.5 Å². The Morgan fingerprint density at radius 1 is 1.36 bits per heavy atom. The molecular formula is C20H31N3O2. The number of hydrogen-bond acceptors (Lipinski definition) is 4. The van der Waals surface area contributed by atoms with E-state index in [0.717, 1.165) is 44.6 Å². The van der Waals surface area contributed by atoms with Gasteiger partial charge >= 0.3 is 0 Å². The quantitative estimate of drug-likeness (QED) is 0.842. The second-order valence-electron chi connectivity index (χ2n) is 8.12. The topological polar surface area (TPSA) is 45.7 Å². The van der Waals surface area contributed by atoms with Crippen LogP contribution in [0.5, 0.6) is 0 Å².